The highest BCUT2D eigenvalue weighted by molar-refractivity contribution is 6.30. The van der Waals surface area contributed by atoms with Gasteiger partial charge in [-0.3, -0.25) is 9.59 Å². The van der Waals surface area contributed by atoms with Crippen molar-refractivity contribution in [3.8, 4) is 0 Å². The second kappa shape index (κ2) is 6.89. The normalized spacial score (nSPS) is 15.8. The molecule has 0 aliphatic carbocycles. The summed E-state index contributed by atoms with van der Waals surface area (Å²) < 4.78 is 0. The lowest BCUT2D eigenvalue weighted by molar-refractivity contribution is -0.129. The van der Waals surface area contributed by atoms with Gasteiger partial charge in [0.2, 0.25) is 11.8 Å². The van der Waals surface area contributed by atoms with E-state index in [2.05, 4.69) is 5.32 Å². The van der Waals surface area contributed by atoms with E-state index in [1.807, 2.05) is 30.3 Å². The van der Waals surface area contributed by atoms with Crippen LogP contribution in [0.1, 0.15) is 30.5 Å². The van der Waals surface area contributed by atoms with Gasteiger partial charge in [-0.2, -0.15) is 0 Å². The Bertz CT molecular complexity index is 817. The summed E-state index contributed by atoms with van der Waals surface area (Å²) in [5.74, 6) is -0.264. The fourth-order valence-corrected chi connectivity index (χ4v) is 3.06. The quantitative estimate of drug-likeness (QED) is 0.908. The third-order valence-electron chi connectivity index (χ3n) is 3.96. The average molecular weight is 341 g/mol. The van der Waals surface area contributed by atoms with Gasteiger partial charge in [-0.15, -0.1) is 0 Å². The first-order valence-corrected chi connectivity index (χ1v) is 8.04. The van der Waals surface area contributed by atoms with E-state index in [1.165, 1.54) is 6.92 Å². The number of nitrogens with zero attached hydrogens (tertiary/aromatic N) is 1. The van der Waals surface area contributed by atoms with Gasteiger partial charge >= 0.3 is 0 Å². The van der Waals surface area contributed by atoms with Crippen molar-refractivity contribution in [3.05, 3.63) is 70.9 Å². The number of fused-ring (bicyclic) bond motifs is 1. The van der Waals surface area contributed by atoms with Crippen LogP contribution in [0.15, 0.2) is 54.7 Å². The minimum absolute atomic E-state index is 0.0960. The summed E-state index contributed by atoms with van der Waals surface area (Å²) in [7, 11) is 0. The summed E-state index contributed by atoms with van der Waals surface area (Å²) in [5, 5.41) is 3.39. The topological polar surface area (TPSA) is 49.4 Å². The van der Waals surface area contributed by atoms with E-state index in [9.17, 15) is 9.59 Å². The van der Waals surface area contributed by atoms with Crippen LogP contribution in [-0.4, -0.2) is 16.7 Å². The van der Waals surface area contributed by atoms with Gasteiger partial charge < -0.3 is 10.2 Å². The Morgan fingerprint density at radius 1 is 1.17 bits per heavy atom. The molecule has 1 atom stereocenters. The van der Waals surface area contributed by atoms with Gasteiger partial charge in [0, 0.05) is 23.8 Å². The number of anilines is 1. The van der Waals surface area contributed by atoms with Crippen LogP contribution in [0.3, 0.4) is 0 Å². The molecule has 1 heterocycles. The third kappa shape index (κ3) is 3.49. The number of carbonyl (C=O) groups excluding carboxylic acids is 2. The van der Waals surface area contributed by atoms with Crippen LogP contribution in [0.25, 0.3) is 6.08 Å². The first kappa shape index (κ1) is 16.3. The SMILES string of the molecule is CC(=O)N1C=Cc2ccccc2[C@H]1CC(=O)Nc1cccc(Cl)c1. The number of hydrogen-bond donors (Lipinski definition) is 1. The fourth-order valence-electron chi connectivity index (χ4n) is 2.87. The molecule has 0 bridgehead atoms. The molecule has 2 aromatic carbocycles. The highest BCUT2D eigenvalue weighted by Gasteiger charge is 2.28. The number of halogens is 1. The molecule has 0 aromatic heterocycles. The second-order valence-corrected chi connectivity index (χ2v) is 6.09. The monoisotopic (exact) mass is 340 g/mol. The van der Waals surface area contributed by atoms with Crippen LogP contribution in [0.4, 0.5) is 5.69 Å². The van der Waals surface area contributed by atoms with E-state index in [1.54, 1.807) is 35.4 Å². The van der Waals surface area contributed by atoms with Crippen molar-refractivity contribution in [2.24, 2.45) is 0 Å². The molecule has 0 saturated heterocycles. The van der Waals surface area contributed by atoms with Gasteiger partial charge in [-0.1, -0.05) is 41.9 Å². The number of nitrogens with one attached hydrogen (secondary N) is 1. The molecule has 0 saturated carbocycles. The highest BCUT2D eigenvalue weighted by Crippen LogP contribution is 2.33. The van der Waals surface area contributed by atoms with E-state index in [-0.39, 0.29) is 24.3 Å². The van der Waals surface area contributed by atoms with Crippen LogP contribution >= 0.6 is 11.6 Å². The van der Waals surface area contributed by atoms with Gasteiger partial charge in [0.05, 0.1) is 12.5 Å². The van der Waals surface area contributed by atoms with Crippen molar-refractivity contribution in [1.82, 2.24) is 4.90 Å². The molecule has 0 spiro atoms. The van der Waals surface area contributed by atoms with E-state index >= 15 is 0 Å². The smallest absolute Gasteiger partial charge is 0.226 e. The van der Waals surface area contributed by atoms with Crippen LogP contribution in [-0.2, 0) is 9.59 Å². The molecular formula is C19H17ClN2O2. The van der Waals surface area contributed by atoms with Gasteiger partial charge in [-0.05, 0) is 35.4 Å². The lowest BCUT2D eigenvalue weighted by atomic mass is 9.93. The van der Waals surface area contributed by atoms with Crippen molar-refractivity contribution in [2.75, 3.05) is 5.32 Å². The Balaban J connectivity index is 1.82. The molecule has 2 aromatic rings. The molecular weight excluding hydrogens is 324 g/mol. The zero-order chi connectivity index (χ0) is 17.1. The van der Waals surface area contributed by atoms with Crippen LogP contribution < -0.4 is 5.32 Å². The molecule has 0 radical (unpaired) electrons. The molecule has 3 rings (SSSR count). The number of benzene rings is 2. The Kier molecular flexibility index (Phi) is 4.67. The summed E-state index contributed by atoms with van der Waals surface area (Å²) >= 11 is 5.94. The number of carbonyl (C=O) groups is 2. The first-order chi connectivity index (χ1) is 11.5. The zero-order valence-electron chi connectivity index (χ0n) is 13.2. The number of hydrogen-bond acceptors (Lipinski definition) is 2. The summed E-state index contributed by atoms with van der Waals surface area (Å²) in [6.07, 6.45) is 3.80. The predicted molar refractivity (Wildman–Crippen MR) is 95.4 cm³/mol. The van der Waals surface area contributed by atoms with E-state index in [0.29, 0.717) is 10.7 Å². The molecule has 2 amide bonds. The van der Waals surface area contributed by atoms with Crippen molar-refractivity contribution < 1.29 is 9.59 Å². The molecule has 5 heteroatoms. The molecule has 122 valence electrons. The fraction of sp³-hybridized carbons (Fsp3) is 0.158. The molecule has 24 heavy (non-hydrogen) atoms. The third-order valence-corrected chi connectivity index (χ3v) is 4.19. The van der Waals surface area contributed by atoms with Gasteiger partial charge in [0.15, 0.2) is 0 Å². The van der Waals surface area contributed by atoms with Gasteiger partial charge in [0.25, 0.3) is 0 Å². The van der Waals surface area contributed by atoms with Crippen molar-refractivity contribution in [3.63, 3.8) is 0 Å². The van der Waals surface area contributed by atoms with Crippen LogP contribution in [0.5, 0.6) is 0 Å². The number of rotatable bonds is 3. The van der Waals surface area contributed by atoms with E-state index in [4.69, 9.17) is 11.6 Å². The molecule has 4 nitrogen and oxygen atoms in total. The van der Waals surface area contributed by atoms with Gasteiger partial charge in [-0.25, -0.2) is 0 Å². The second-order valence-electron chi connectivity index (χ2n) is 5.65. The van der Waals surface area contributed by atoms with Crippen molar-refractivity contribution in [2.45, 2.75) is 19.4 Å². The standard InChI is InChI=1S/C19H17ClN2O2/c1-13(23)22-10-9-14-5-2-3-8-17(14)18(22)12-19(24)21-16-7-4-6-15(20)11-16/h2-11,18H,12H2,1H3,(H,21,24)/t18-/m1/s1. The molecule has 0 fully saturated rings. The Morgan fingerprint density at radius 2 is 1.96 bits per heavy atom. The lowest BCUT2D eigenvalue weighted by Crippen LogP contribution is -2.33. The maximum absolute atomic E-state index is 12.5. The number of amides is 2. The summed E-state index contributed by atoms with van der Waals surface area (Å²) in [6, 6.07) is 14.5. The van der Waals surface area contributed by atoms with Crippen LogP contribution in [0.2, 0.25) is 5.02 Å². The minimum atomic E-state index is -0.317. The Labute approximate surface area is 145 Å². The summed E-state index contributed by atoms with van der Waals surface area (Å²) in [4.78, 5) is 26.0. The largest absolute Gasteiger partial charge is 0.326 e. The Morgan fingerprint density at radius 3 is 2.71 bits per heavy atom. The first-order valence-electron chi connectivity index (χ1n) is 7.66. The summed E-state index contributed by atoms with van der Waals surface area (Å²) in [6.45, 7) is 1.50. The molecule has 1 aliphatic rings. The van der Waals surface area contributed by atoms with E-state index < -0.39 is 0 Å². The predicted octanol–water partition coefficient (Wildman–Crippen LogP) is 4.24. The van der Waals surface area contributed by atoms with Gasteiger partial charge in [0.1, 0.15) is 0 Å². The molecule has 0 unspecified atom stereocenters. The minimum Gasteiger partial charge on any atom is -0.326 e. The van der Waals surface area contributed by atoms with E-state index in [0.717, 1.165) is 11.1 Å². The lowest BCUT2D eigenvalue weighted by Gasteiger charge is -2.32. The Hall–Kier alpha value is -2.59. The summed E-state index contributed by atoms with van der Waals surface area (Å²) in [5.41, 5.74) is 2.63. The maximum Gasteiger partial charge on any atom is 0.226 e. The van der Waals surface area contributed by atoms with Crippen LogP contribution in [0, 0.1) is 0 Å². The molecule has 1 aliphatic heterocycles. The van der Waals surface area contributed by atoms with Crippen molar-refractivity contribution in [1.29, 1.82) is 0 Å². The highest BCUT2D eigenvalue weighted by atomic mass is 35.5. The average Bonchev–Trinajstić information content (AvgIpc) is 2.54. The molecule has 1 N–H and O–H groups in total. The maximum atomic E-state index is 12.5. The zero-order valence-corrected chi connectivity index (χ0v) is 14.0. The van der Waals surface area contributed by atoms with Crippen molar-refractivity contribution >= 4 is 35.2 Å².